The molecule has 0 saturated heterocycles. The Morgan fingerprint density at radius 1 is 1.03 bits per heavy atom. The van der Waals surface area contributed by atoms with Crippen molar-refractivity contribution in [2.24, 2.45) is 0 Å². The Kier molecular flexibility index (Phi) is 5.30. The molecular formula is C24H21N3O3. The molecule has 0 radical (unpaired) electrons. The van der Waals surface area contributed by atoms with Crippen LogP contribution in [-0.4, -0.2) is 22.8 Å². The van der Waals surface area contributed by atoms with Crippen molar-refractivity contribution in [1.29, 1.82) is 0 Å². The summed E-state index contributed by atoms with van der Waals surface area (Å²) in [4.78, 5) is 24.9. The Balaban J connectivity index is 1.64. The number of nitrogens with zero attached hydrogens (tertiary/aromatic N) is 2. The predicted molar refractivity (Wildman–Crippen MR) is 118 cm³/mol. The van der Waals surface area contributed by atoms with Gasteiger partial charge in [-0.15, -0.1) is 0 Å². The second kappa shape index (κ2) is 8.21. The molecule has 30 heavy (non-hydrogen) atoms. The summed E-state index contributed by atoms with van der Waals surface area (Å²) in [5.74, 6) is 0.197. The molecule has 0 aliphatic heterocycles. The van der Waals surface area contributed by atoms with Crippen LogP contribution in [0.3, 0.4) is 0 Å². The number of methoxy groups -OCH3 is 1. The molecule has 0 fully saturated rings. The molecule has 0 aliphatic rings. The number of rotatable bonds is 5. The smallest absolute Gasteiger partial charge is 0.267 e. The molecule has 0 spiro atoms. The van der Waals surface area contributed by atoms with Gasteiger partial charge in [0.05, 0.1) is 18.5 Å². The van der Waals surface area contributed by atoms with Gasteiger partial charge >= 0.3 is 0 Å². The fourth-order valence-electron chi connectivity index (χ4n) is 3.40. The maximum absolute atomic E-state index is 12.6. The number of aromatic nitrogens is 2. The Morgan fingerprint density at radius 3 is 2.67 bits per heavy atom. The van der Waals surface area contributed by atoms with E-state index in [1.54, 1.807) is 19.2 Å². The largest absolute Gasteiger partial charge is 0.495 e. The number of anilines is 1. The molecule has 0 bridgehead atoms. The number of nitrogens with one attached hydrogen (secondary N) is 1. The van der Waals surface area contributed by atoms with Gasteiger partial charge < -0.3 is 10.1 Å². The van der Waals surface area contributed by atoms with Crippen molar-refractivity contribution >= 4 is 22.4 Å². The van der Waals surface area contributed by atoms with Gasteiger partial charge in [0.1, 0.15) is 12.3 Å². The minimum absolute atomic E-state index is 0.200. The number of amides is 1. The summed E-state index contributed by atoms with van der Waals surface area (Å²) < 4.78 is 6.47. The van der Waals surface area contributed by atoms with Gasteiger partial charge in [-0.25, -0.2) is 4.68 Å². The Morgan fingerprint density at radius 2 is 1.83 bits per heavy atom. The summed E-state index contributed by atoms with van der Waals surface area (Å²) in [6, 6.07) is 22.5. The molecule has 4 aromatic rings. The fourth-order valence-corrected chi connectivity index (χ4v) is 3.40. The molecule has 150 valence electrons. The Labute approximate surface area is 173 Å². The number of ether oxygens (including phenoxy) is 1. The zero-order chi connectivity index (χ0) is 21.1. The van der Waals surface area contributed by atoms with E-state index in [1.165, 1.54) is 10.7 Å². The van der Waals surface area contributed by atoms with Crippen molar-refractivity contribution in [3.05, 3.63) is 88.7 Å². The van der Waals surface area contributed by atoms with Crippen LogP contribution in [0.25, 0.3) is 22.0 Å². The van der Waals surface area contributed by atoms with Crippen molar-refractivity contribution in [3.8, 4) is 17.0 Å². The van der Waals surface area contributed by atoms with E-state index in [4.69, 9.17) is 4.74 Å². The average molecular weight is 399 g/mol. The zero-order valence-corrected chi connectivity index (χ0v) is 16.8. The number of hydrogen-bond acceptors (Lipinski definition) is 4. The summed E-state index contributed by atoms with van der Waals surface area (Å²) in [7, 11) is 1.54. The highest BCUT2D eigenvalue weighted by atomic mass is 16.5. The summed E-state index contributed by atoms with van der Waals surface area (Å²) >= 11 is 0. The first kappa shape index (κ1) is 19.4. The van der Waals surface area contributed by atoms with E-state index in [9.17, 15) is 9.59 Å². The lowest BCUT2D eigenvalue weighted by Crippen LogP contribution is -2.29. The average Bonchev–Trinajstić information content (AvgIpc) is 2.75. The van der Waals surface area contributed by atoms with Crippen LogP contribution in [0.15, 0.2) is 77.6 Å². The van der Waals surface area contributed by atoms with Crippen molar-refractivity contribution in [1.82, 2.24) is 9.78 Å². The molecule has 0 unspecified atom stereocenters. The minimum atomic E-state index is -0.358. The summed E-state index contributed by atoms with van der Waals surface area (Å²) in [5.41, 5.74) is 2.74. The second-order valence-electron chi connectivity index (χ2n) is 6.99. The van der Waals surface area contributed by atoms with E-state index in [2.05, 4.69) is 10.4 Å². The van der Waals surface area contributed by atoms with Gasteiger partial charge in [-0.2, -0.15) is 5.10 Å². The normalized spacial score (nSPS) is 10.7. The fraction of sp³-hybridized carbons (Fsp3) is 0.125. The van der Waals surface area contributed by atoms with E-state index in [1.807, 2.05) is 61.5 Å². The number of fused-ring (bicyclic) bond motifs is 1. The molecule has 3 aromatic carbocycles. The van der Waals surface area contributed by atoms with Crippen LogP contribution in [0.1, 0.15) is 5.56 Å². The zero-order valence-electron chi connectivity index (χ0n) is 16.8. The van der Waals surface area contributed by atoms with Gasteiger partial charge in [0.25, 0.3) is 5.56 Å². The van der Waals surface area contributed by atoms with E-state index in [0.29, 0.717) is 17.1 Å². The first-order valence-electron chi connectivity index (χ1n) is 9.56. The van der Waals surface area contributed by atoms with Gasteiger partial charge in [0, 0.05) is 11.6 Å². The molecule has 6 nitrogen and oxygen atoms in total. The molecule has 0 aliphatic carbocycles. The number of aryl methyl sites for hydroxylation is 1. The van der Waals surface area contributed by atoms with Crippen LogP contribution in [0.5, 0.6) is 5.75 Å². The van der Waals surface area contributed by atoms with E-state index >= 15 is 0 Å². The molecular weight excluding hydrogens is 378 g/mol. The third-order valence-electron chi connectivity index (χ3n) is 4.85. The topological polar surface area (TPSA) is 73.2 Å². The Hall–Kier alpha value is -3.93. The van der Waals surface area contributed by atoms with Crippen molar-refractivity contribution < 1.29 is 9.53 Å². The highest BCUT2D eigenvalue weighted by molar-refractivity contribution is 5.95. The molecule has 6 heteroatoms. The third kappa shape index (κ3) is 3.93. The van der Waals surface area contributed by atoms with Gasteiger partial charge in [-0.3, -0.25) is 9.59 Å². The van der Waals surface area contributed by atoms with E-state index in [-0.39, 0.29) is 18.0 Å². The molecule has 1 aromatic heterocycles. The van der Waals surface area contributed by atoms with Crippen molar-refractivity contribution in [2.45, 2.75) is 13.5 Å². The first-order valence-corrected chi connectivity index (χ1v) is 9.56. The molecule has 1 heterocycles. The molecule has 0 saturated carbocycles. The quantitative estimate of drug-likeness (QED) is 0.550. The SMILES string of the molecule is COc1ccc(C)cc1NC(=O)Cn1nc(-c2cccc3ccccc23)ccc1=O. The molecule has 0 atom stereocenters. The molecule has 1 N–H and O–H groups in total. The van der Waals surface area contributed by atoms with Crippen LogP contribution < -0.4 is 15.6 Å². The van der Waals surface area contributed by atoms with Crippen molar-refractivity contribution in [2.75, 3.05) is 12.4 Å². The number of carbonyl (C=O) groups excluding carboxylic acids is 1. The monoisotopic (exact) mass is 399 g/mol. The van der Waals surface area contributed by atoms with Crippen LogP contribution in [-0.2, 0) is 11.3 Å². The van der Waals surface area contributed by atoms with E-state index < -0.39 is 0 Å². The minimum Gasteiger partial charge on any atom is -0.495 e. The lowest BCUT2D eigenvalue weighted by atomic mass is 10.0. The summed E-state index contributed by atoms with van der Waals surface area (Å²) in [6.45, 7) is 1.73. The number of carbonyl (C=O) groups is 1. The molecule has 1 amide bonds. The predicted octanol–water partition coefficient (Wildman–Crippen LogP) is 4.02. The molecule has 4 rings (SSSR count). The van der Waals surface area contributed by atoms with Crippen LogP contribution in [0.4, 0.5) is 5.69 Å². The first-order chi connectivity index (χ1) is 14.5. The highest BCUT2D eigenvalue weighted by Gasteiger charge is 2.12. The maximum atomic E-state index is 12.6. The standard InChI is InChI=1S/C24H21N3O3/c1-16-10-12-22(30-2)21(14-16)25-23(28)15-27-24(29)13-11-20(26-27)19-9-5-7-17-6-3-4-8-18(17)19/h3-14H,15H2,1-2H3,(H,25,28). The highest BCUT2D eigenvalue weighted by Crippen LogP contribution is 2.27. The van der Waals surface area contributed by atoms with Gasteiger partial charge in [-0.1, -0.05) is 48.5 Å². The maximum Gasteiger partial charge on any atom is 0.267 e. The lowest BCUT2D eigenvalue weighted by Gasteiger charge is -2.12. The van der Waals surface area contributed by atoms with Gasteiger partial charge in [-0.05, 0) is 41.5 Å². The van der Waals surface area contributed by atoms with Crippen LogP contribution in [0, 0.1) is 6.92 Å². The number of benzene rings is 3. The Bertz CT molecular complexity index is 1290. The van der Waals surface area contributed by atoms with Gasteiger partial charge in [0.15, 0.2) is 0 Å². The van der Waals surface area contributed by atoms with Gasteiger partial charge in [0.2, 0.25) is 5.91 Å². The summed E-state index contributed by atoms with van der Waals surface area (Å²) in [5, 5.41) is 9.37. The van der Waals surface area contributed by atoms with Crippen LogP contribution in [0.2, 0.25) is 0 Å². The van der Waals surface area contributed by atoms with Crippen LogP contribution >= 0.6 is 0 Å². The number of hydrogen-bond donors (Lipinski definition) is 1. The van der Waals surface area contributed by atoms with E-state index in [0.717, 1.165) is 21.9 Å². The third-order valence-corrected chi connectivity index (χ3v) is 4.85. The summed E-state index contributed by atoms with van der Waals surface area (Å²) in [6.07, 6.45) is 0. The lowest BCUT2D eigenvalue weighted by molar-refractivity contribution is -0.117. The second-order valence-corrected chi connectivity index (χ2v) is 6.99. The van der Waals surface area contributed by atoms with Crippen molar-refractivity contribution in [3.63, 3.8) is 0 Å².